The fraction of sp³-hybridized carbons (Fsp3) is 0.269. The molecule has 9 nitrogen and oxygen atoms in total. The first-order chi connectivity index (χ1) is 16.9. The van der Waals surface area contributed by atoms with Crippen molar-refractivity contribution in [2.45, 2.75) is 25.7 Å². The largest absolute Gasteiger partial charge is 0.361 e. The Labute approximate surface area is 202 Å². The molecule has 1 saturated heterocycles. The van der Waals surface area contributed by atoms with Gasteiger partial charge in [-0.25, -0.2) is 0 Å². The number of nitrogens with zero attached hydrogens (tertiary/aromatic N) is 5. The molecule has 35 heavy (non-hydrogen) atoms. The molecule has 176 valence electrons. The Balaban J connectivity index is 1.34. The van der Waals surface area contributed by atoms with Gasteiger partial charge in [0.05, 0.1) is 11.6 Å². The number of carbonyl (C=O) groups excluding carboxylic acids is 2. The van der Waals surface area contributed by atoms with Gasteiger partial charge in [0, 0.05) is 55.2 Å². The van der Waals surface area contributed by atoms with Crippen LogP contribution in [-0.4, -0.2) is 44.5 Å². The average molecular weight is 469 g/mol. The highest BCUT2D eigenvalue weighted by atomic mass is 16.5. The number of rotatable bonds is 4. The van der Waals surface area contributed by atoms with E-state index in [0.29, 0.717) is 41.7 Å². The summed E-state index contributed by atoms with van der Waals surface area (Å²) in [7, 11) is 2.01. The van der Waals surface area contributed by atoms with Crippen LogP contribution in [0.2, 0.25) is 0 Å². The quantitative estimate of drug-likeness (QED) is 0.484. The summed E-state index contributed by atoms with van der Waals surface area (Å²) in [6, 6.07) is 12.5. The summed E-state index contributed by atoms with van der Waals surface area (Å²) >= 11 is 0. The molecule has 4 heterocycles. The maximum absolute atomic E-state index is 12.7. The molecule has 5 rings (SSSR count). The third-order valence-corrected chi connectivity index (χ3v) is 6.47. The fourth-order valence-electron chi connectivity index (χ4n) is 4.67. The third-order valence-electron chi connectivity index (χ3n) is 6.47. The SMILES string of the molecule is Cc1cc(C(=O)N2CCC(c3cn(C)c4ccc(NC(=O)c5cc(C#N)ccn5)cc34)CC2)no1. The Kier molecular flexibility index (Phi) is 5.79. The van der Waals surface area contributed by atoms with Crippen LogP contribution in [0, 0.1) is 18.3 Å². The van der Waals surface area contributed by atoms with Crippen LogP contribution in [0.15, 0.2) is 53.3 Å². The van der Waals surface area contributed by atoms with Crippen molar-refractivity contribution in [1.29, 1.82) is 5.26 Å². The van der Waals surface area contributed by atoms with Gasteiger partial charge in [-0.15, -0.1) is 0 Å². The van der Waals surface area contributed by atoms with E-state index in [9.17, 15) is 9.59 Å². The smallest absolute Gasteiger partial charge is 0.276 e. The summed E-state index contributed by atoms with van der Waals surface area (Å²) in [6.07, 6.45) is 5.26. The maximum Gasteiger partial charge on any atom is 0.276 e. The first kappa shape index (κ1) is 22.3. The molecule has 3 aromatic heterocycles. The molecule has 4 aromatic rings. The van der Waals surface area contributed by atoms with Crippen molar-refractivity contribution in [3.05, 3.63) is 77.1 Å². The molecule has 2 amide bonds. The second kappa shape index (κ2) is 9.06. The van der Waals surface area contributed by atoms with Gasteiger partial charge in [0.1, 0.15) is 11.5 Å². The molecule has 0 spiro atoms. The van der Waals surface area contributed by atoms with Crippen LogP contribution in [0.25, 0.3) is 10.9 Å². The zero-order valence-corrected chi connectivity index (χ0v) is 19.5. The predicted molar refractivity (Wildman–Crippen MR) is 129 cm³/mol. The molecule has 0 atom stereocenters. The number of nitrogens with one attached hydrogen (secondary N) is 1. The topological polar surface area (TPSA) is 117 Å². The monoisotopic (exact) mass is 468 g/mol. The molecular formula is C26H24N6O3. The number of hydrogen-bond donors (Lipinski definition) is 1. The Morgan fingerprint density at radius 2 is 1.94 bits per heavy atom. The third kappa shape index (κ3) is 4.38. The number of pyridine rings is 1. The van der Waals surface area contributed by atoms with Crippen LogP contribution >= 0.6 is 0 Å². The number of likely N-dealkylation sites (tertiary alicyclic amines) is 1. The molecule has 0 saturated carbocycles. The number of aryl methyl sites for hydroxylation is 2. The Morgan fingerprint density at radius 3 is 2.66 bits per heavy atom. The molecule has 1 N–H and O–H groups in total. The van der Waals surface area contributed by atoms with Crippen molar-refractivity contribution in [3.63, 3.8) is 0 Å². The lowest BCUT2D eigenvalue weighted by Crippen LogP contribution is -2.38. The normalized spacial score (nSPS) is 14.1. The average Bonchev–Trinajstić information content (AvgIpc) is 3.46. The predicted octanol–water partition coefficient (Wildman–Crippen LogP) is 4.01. The van der Waals surface area contributed by atoms with E-state index < -0.39 is 0 Å². The molecule has 9 heteroatoms. The van der Waals surface area contributed by atoms with Crippen LogP contribution in [-0.2, 0) is 7.05 Å². The van der Waals surface area contributed by atoms with Gasteiger partial charge in [-0.2, -0.15) is 5.26 Å². The number of carbonyl (C=O) groups is 2. The van der Waals surface area contributed by atoms with Crippen LogP contribution < -0.4 is 5.32 Å². The molecule has 1 fully saturated rings. The van der Waals surface area contributed by atoms with E-state index in [0.717, 1.165) is 23.7 Å². The number of aromatic nitrogens is 3. The highest BCUT2D eigenvalue weighted by Crippen LogP contribution is 2.35. The lowest BCUT2D eigenvalue weighted by Gasteiger charge is -2.31. The number of fused-ring (bicyclic) bond motifs is 1. The van der Waals surface area contributed by atoms with E-state index in [1.165, 1.54) is 17.8 Å². The minimum atomic E-state index is -0.367. The summed E-state index contributed by atoms with van der Waals surface area (Å²) in [4.78, 5) is 31.3. The first-order valence-electron chi connectivity index (χ1n) is 11.4. The molecule has 1 aromatic carbocycles. The van der Waals surface area contributed by atoms with Gasteiger partial charge in [-0.1, -0.05) is 5.16 Å². The summed E-state index contributed by atoms with van der Waals surface area (Å²) in [5.41, 5.74) is 3.85. The van der Waals surface area contributed by atoms with E-state index in [2.05, 4.69) is 26.2 Å². The molecule has 0 unspecified atom stereocenters. The van der Waals surface area contributed by atoms with Crippen LogP contribution in [0.5, 0.6) is 0 Å². The summed E-state index contributed by atoms with van der Waals surface area (Å²) in [5, 5.41) is 16.9. The zero-order chi connectivity index (χ0) is 24.5. The number of benzene rings is 1. The van der Waals surface area contributed by atoms with Crippen molar-refractivity contribution >= 4 is 28.4 Å². The van der Waals surface area contributed by atoms with E-state index >= 15 is 0 Å². The number of anilines is 1. The Morgan fingerprint density at radius 1 is 1.14 bits per heavy atom. The molecule has 1 aliphatic rings. The summed E-state index contributed by atoms with van der Waals surface area (Å²) in [6.45, 7) is 3.05. The minimum absolute atomic E-state index is 0.0997. The molecule has 1 aliphatic heterocycles. The van der Waals surface area contributed by atoms with Gasteiger partial charge >= 0.3 is 0 Å². The fourth-order valence-corrected chi connectivity index (χ4v) is 4.67. The number of amides is 2. The number of hydrogen-bond acceptors (Lipinski definition) is 6. The number of piperidine rings is 1. The standard InChI is InChI=1S/C26H24N6O3/c1-16-11-23(30-35-16)26(34)32-9-6-18(7-10-32)21-15-31(2)24-4-3-19(13-20(21)24)29-25(33)22-12-17(14-27)5-8-28-22/h3-5,8,11-13,15,18H,6-7,9-10H2,1-2H3,(H,29,33). The lowest BCUT2D eigenvalue weighted by molar-refractivity contribution is 0.0702. The minimum Gasteiger partial charge on any atom is -0.361 e. The Bertz CT molecular complexity index is 1470. The molecule has 0 aliphatic carbocycles. The zero-order valence-electron chi connectivity index (χ0n) is 19.5. The van der Waals surface area contributed by atoms with Gasteiger partial charge in [-0.3, -0.25) is 14.6 Å². The van der Waals surface area contributed by atoms with Crippen molar-refractivity contribution in [3.8, 4) is 6.07 Å². The molecule has 0 radical (unpaired) electrons. The second-order valence-electron chi connectivity index (χ2n) is 8.81. The van der Waals surface area contributed by atoms with Crippen LogP contribution in [0.3, 0.4) is 0 Å². The van der Waals surface area contributed by atoms with E-state index in [-0.39, 0.29) is 17.5 Å². The molecule has 0 bridgehead atoms. The Hall–Kier alpha value is -4.45. The van der Waals surface area contributed by atoms with Gasteiger partial charge in [-0.05, 0) is 61.6 Å². The summed E-state index contributed by atoms with van der Waals surface area (Å²) in [5.74, 6) is 0.447. The maximum atomic E-state index is 12.7. The second-order valence-corrected chi connectivity index (χ2v) is 8.81. The highest BCUT2D eigenvalue weighted by Gasteiger charge is 2.28. The van der Waals surface area contributed by atoms with Gasteiger partial charge < -0.3 is 19.3 Å². The van der Waals surface area contributed by atoms with Gasteiger partial charge in [0.15, 0.2) is 5.69 Å². The van der Waals surface area contributed by atoms with E-state index in [1.54, 1.807) is 19.1 Å². The van der Waals surface area contributed by atoms with E-state index in [1.807, 2.05) is 36.2 Å². The lowest BCUT2D eigenvalue weighted by atomic mass is 9.89. The van der Waals surface area contributed by atoms with Crippen molar-refractivity contribution in [1.82, 2.24) is 19.6 Å². The van der Waals surface area contributed by atoms with Gasteiger partial charge in [0.2, 0.25) is 0 Å². The van der Waals surface area contributed by atoms with E-state index in [4.69, 9.17) is 9.78 Å². The highest BCUT2D eigenvalue weighted by molar-refractivity contribution is 6.04. The van der Waals surface area contributed by atoms with Crippen LogP contribution in [0.4, 0.5) is 5.69 Å². The first-order valence-corrected chi connectivity index (χ1v) is 11.4. The van der Waals surface area contributed by atoms with Crippen LogP contribution in [0.1, 0.15) is 56.6 Å². The van der Waals surface area contributed by atoms with Gasteiger partial charge in [0.25, 0.3) is 11.8 Å². The van der Waals surface area contributed by atoms with Crippen molar-refractivity contribution < 1.29 is 14.1 Å². The van der Waals surface area contributed by atoms with Crippen molar-refractivity contribution in [2.75, 3.05) is 18.4 Å². The van der Waals surface area contributed by atoms with Crippen molar-refractivity contribution in [2.24, 2.45) is 7.05 Å². The summed E-state index contributed by atoms with van der Waals surface area (Å²) < 4.78 is 7.14. The molecular weight excluding hydrogens is 444 g/mol. The number of nitriles is 1.